The normalized spacial score (nSPS) is 17.1. The van der Waals surface area contributed by atoms with E-state index in [-0.39, 0.29) is 43.4 Å². The first-order valence-corrected chi connectivity index (χ1v) is 10.6. The molecule has 1 aromatic carbocycles. The zero-order chi connectivity index (χ0) is 23.5. The van der Waals surface area contributed by atoms with Crippen molar-refractivity contribution in [3.8, 4) is 5.75 Å². The van der Waals surface area contributed by atoms with Crippen LogP contribution in [-0.4, -0.2) is 58.7 Å². The number of phenols is 1. The molecule has 1 aliphatic carbocycles. The molecule has 0 saturated heterocycles. The van der Waals surface area contributed by atoms with Crippen LogP contribution >= 0.6 is 0 Å². The van der Waals surface area contributed by atoms with Crippen LogP contribution in [0.15, 0.2) is 36.7 Å². The number of phenolic OH excluding ortho intramolecular Hbond substituents is 1. The van der Waals surface area contributed by atoms with Crippen molar-refractivity contribution in [3.05, 3.63) is 53.6 Å². The highest BCUT2D eigenvalue weighted by molar-refractivity contribution is 5.77. The van der Waals surface area contributed by atoms with Gasteiger partial charge in [-0.25, -0.2) is 9.97 Å². The van der Waals surface area contributed by atoms with Crippen molar-refractivity contribution >= 4 is 5.91 Å². The molecule has 0 bridgehead atoms. The lowest BCUT2D eigenvalue weighted by Crippen LogP contribution is -2.43. The lowest BCUT2D eigenvalue weighted by Gasteiger charge is -2.29. The van der Waals surface area contributed by atoms with Crippen LogP contribution < -0.4 is 5.32 Å². The summed E-state index contributed by atoms with van der Waals surface area (Å²) in [5.74, 6) is -1.32. The summed E-state index contributed by atoms with van der Waals surface area (Å²) in [7, 11) is 3.77. The van der Waals surface area contributed by atoms with Crippen LogP contribution in [0.2, 0.25) is 0 Å². The minimum atomic E-state index is -4.42. The van der Waals surface area contributed by atoms with Gasteiger partial charge in [0.05, 0.1) is 5.41 Å². The van der Waals surface area contributed by atoms with Gasteiger partial charge in [0.2, 0.25) is 5.91 Å². The first kappa shape index (κ1) is 24.0. The minimum Gasteiger partial charge on any atom is -0.508 e. The second kappa shape index (κ2) is 9.44. The first-order chi connectivity index (χ1) is 15.0. The maximum Gasteiger partial charge on any atom is 0.395 e. The molecule has 1 heterocycles. The molecule has 9 heteroatoms. The second-order valence-corrected chi connectivity index (χ2v) is 8.75. The molecular weight excluding hydrogens is 421 g/mol. The zero-order valence-corrected chi connectivity index (χ0v) is 18.5. The highest BCUT2D eigenvalue weighted by atomic mass is 19.4. The van der Waals surface area contributed by atoms with Crippen molar-refractivity contribution in [1.29, 1.82) is 0 Å². The third-order valence-corrected chi connectivity index (χ3v) is 6.35. The molecule has 1 aromatic heterocycles. The molecule has 0 spiro atoms. The minimum absolute atomic E-state index is 0.0207. The molecule has 2 atom stereocenters. The van der Waals surface area contributed by atoms with Gasteiger partial charge in [0.25, 0.3) is 0 Å². The van der Waals surface area contributed by atoms with Gasteiger partial charge < -0.3 is 15.3 Å². The summed E-state index contributed by atoms with van der Waals surface area (Å²) in [6, 6.07) is 6.61. The molecule has 6 nitrogen and oxygen atoms in total. The van der Waals surface area contributed by atoms with E-state index < -0.39 is 23.4 Å². The maximum atomic E-state index is 13.8. The Bertz CT molecular complexity index is 931. The predicted octanol–water partition coefficient (Wildman–Crippen LogP) is 3.60. The third kappa shape index (κ3) is 5.38. The number of aryl methyl sites for hydroxylation is 1. The van der Waals surface area contributed by atoms with Crippen LogP contribution in [0, 0.1) is 12.3 Å². The molecule has 1 fully saturated rings. The van der Waals surface area contributed by atoms with Gasteiger partial charge in [-0.15, -0.1) is 0 Å². The smallest absolute Gasteiger partial charge is 0.395 e. The molecule has 1 saturated carbocycles. The summed E-state index contributed by atoms with van der Waals surface area (Å²) < 4.78 is 41.4. The van der Waals surface area contributed by atoms with Crippen LogP contribution in [0.25, 0.3) is 0 Å². The van der Waals surface area contributed by atoms with Gasteiger partial charge in [-0.05, 0) is 69.6 Å². The number of amides is 1. The summed E-state index contributed by atoms with van der Waals surface area (Å²) in [6.07, 6.45) is -1.34. The molecule has 1 aliphatic rings. The van der Waals surface area contributed by atoms with Crippen LogP contribution in [-0.2, 0) is 11.2 Å². The van der Waals surface area contributed by atoms with Gasteiger partial charge in [0, 0.05) is 37.3 Å². The van der Waals surface area contributed by atoms with Crippen molar-refractivity contribution in [2.75, 3.05) is 20.6 Å². The Morgan fingerprint density at radius 2 is 1.91 bits per heavy atom. The van der Waals surface area contributed by atoms with E-state index in [1.165, 1.54) is 12.4 Å². The summed E-state index contributed by atoms with van der Waals surface area (Å²) in [5, 5.41) is 12.4. The number of alkyl halides is 3. The molecule has 0 aliphatic heterocycles. The fraction of sp³-hybridized carbons (Fsp3) is 0.522. The number of carbonyl (C=O) groups excluding carboxylic acids is 1. The largest absolute Gasteiger partial charge is 0.508 e. The Kier molecular flexibility index (Phi) is 7.07. The average Bonchev–Trinajstić information content (AvgIpc) is 3.53. The fourth-order valence-corrected chi connectivity index (χ4v) is 4.08. The Morgan fingerprint density at radius 1 is 1.25 bits per heavy atom. The standard InChI is InChI=1S/C23H29F3N4O2/c1-15-11-18(31)6-5-16(15)12-17(30(2)3)14-29-20(32)13-19(21-27-9-4-10-28-21)22(7-8-22)23(24,25)26/h4-6,9-11,17,19,31H,7-8,12-14H2,1-3H3,(H,29,32). The molecule has 2 unspecified atom stereocenters. The molecule has 2 N–H and O–H groups in total. The number of hydrogen-bond acceptors (Lipinski definition) is 5. The number of halogens is 3. The van der Waals surface area contributed by atoms with E-state index in [1.54, 1.807) is 18.2 Å². The van der Waals surface area contributed by atoms with Gasteiger partial charge in [-0.1, -0.05) is 6.07 Å². The van der Waals surface area contributed by atoms with Crippen LogP contribution in [0.1, 0.15) is 42.1 Å². The van der Waals surface area contributed by atoms with Gasteiger partial charge in [-0.2, -0.15) is 13.2 Å². The highest BCUT2D eigenvalue weighted by Crippen LogP contribution is 2.65. The third-order valence-electron chi connectivity index (χ3n) is 6.35. The Labute approximate surface area is 185 Å². The van der Waals surface area contributed by atoms with Crippen molar-refractivity contribution in [2.24, 2.45) is 5.41 Å². The van der Waals surface area contributed by atoms with Crippen LogP contribution in [0.3, 0.4) is 0 Å². The molecule has 2 aromatic rings. The SMILES string of the molecule is Cc1cc(O)ccc1CC(CNC(=O)CC(c1ncccn1)C1(C(F)(F)F)CC1)N(C)C. The lowest BCUT2D eigenvalue weighted by atomic mass is 9.84. The number of benzene rings is 1. The Morgan fingerprint density at radius 3 is 2.44 bits per heavy atom. The quantitative estimate of drug-likeness (QED) is 0.611. The molecule has 174 valence electrons. The monoisotopic (exact) mass is 450 g/mol. The van der Waals surface area contributed by atoms with E-state index in [0.29, 0.717) is 6.42 Å². The van der Waals surface area contributed by atoms with Crippen molar-refractivity contribution < 1.29 is 23.1 Å². The average molecular weight is 451 g/mol. The first-order valence-electron chi connectivity index (χ1n) is 10.6. The van der Waals surface area contributed by atoms with Crippen LogP contribution in [0.4, 0.5) is 13.2 Å². The Hall–Kier alpha value is -2.68. The number of nitrogens with one attached hydrogen (secondary N) is 1. The predicted molar refractivity (Wildman–Crippen MR) is 114 cm³/mol. The number of hydrogen-bond donors (Lipinski definition) is 2. The van der Waals surface area contributed by atoms with E-state index in [9.17, 15) is 23.1 Å². The van der Waals surface area contributed by atoms with E-state index >= 15 is 0 Å². The lowest BCUT2D eigenvalue weighted by molar-refractivity contribution is -0.195. The van der Waals surface area contributed by atoms with Gasteiger partial charge in [-0.3, -0.25) is 4.79 Å². The molecule has 32 heavy (non-hydrogen) atoms. The van der Waals surface area contributed by atoms with Gasteiger partial charge in [0.15, 0.2) is 0 Å². The molecule has 3 rings (SSSR count). The zero-order valence-electron chi connectivity index (χ0n) is 18.5. The summed E-state index contributed by atoms with van der Waals surface area (Å²) in [5.41, 5.74) is 0.0288. The highest BCUT2D eigenvalue weighted by Gasteiger charge is 2.68. The van der Waals surface area contributed by atoms with Crippen molar-refractivity contribution in [1.82, 2.24) is 20.2 Å². The summed E-state index contributed by atoms with van der Waals surface area (Å²) >= 11 is 0. The van der Waals surface area contributed by atoms with Gasteiger partial charge >= 0.3 is 6.18 Å². The second-order valence-electron chi connectivity index (χ2n) is 8.75. The number of aromatic nitrogens is 2. The number of carbonyl (C=O) groups is 1. The Balaban J connectivity index is 1.69. The number of rotatable bonds is 9. The topological polar surface area (TPSA) is 78.3 Å². The summed E-state index contributed by atoms with van der Waals surface area (Å²) in [6.45, 7) is 2.19. The maximum absolute atomic E-state index is 13.8. The number of nitrogens with zero attached hydrogens (tertiary/aromatic N) is 3. The van der Waals surface area contributed by atoms with E-state index in [4.69, 9.17) is 0 Å². The van der Waals surface area contributed by atoms with E-state index in [1.807, 2.05) is 32.0 Å². The van der Waals surface area contributed by atoms with E-state index in [0.717, 1.165) is 11.1 Å². The van der Waals surface area contributed by atoms with E-state index in [2.05, 4.69) is 15.3 Å². The van der Waals surface area contributed by atoms with Crippen molar-refractivity contribution in [2.45, 2.75) is 50.7 Å². The molecule has 0 radical (unpaired) electrons. The fourth-order valence-electron chi connectivity index (χ4n) is 4.08. The number of aromatic hydroxyl groups is 1. The molecule has 1 amide bonds. The number of likely N-dealkylation sites (N-methyl/N-ethyl adjacent to an activating group) is 1. The van der Waals surface area contributed by atoms with Gasteiger partial charge in [0.1, 0.15) is 11.6 Å². The summed E-state index contributed by atoms with van der Waals surface area (Å²) in [4.78, 5) is 22.8. The molecular formula is C23H29F3N4O2. The van der Waals surface area contributed by atoms with Crippen molar-refractivity contribution in [3.63, 3.8) is 0 Å². The van der Waals surface area contributed by atoms with Crippen LogP contribution in [0.5, 0.6) is 5.75 Å².